The molecule has 9 heteroatoms. The maximum Gasteiger partial charge on any atom is 0.219 e. The molecule has 1 aromatic rings. The van der Waals surface area contributed by atoms with E-state index < -0.39 is 10.0 Å². The Kier molecular flexibility index (Phi) is 6.16. The van der Waals surface area contributed by atoms with Gasteiger partial charge in [-0.15, -0.1) is 0 Å². The van der Waals surface area contributed by atoms with Gasteiger partial charge in [-0.2, -0.15) is 4.31 Å². The number of hydrogen-bond acceptors (Lipinski definition) is 5. The number of aryl methyl sites for hydroxylation is 1. The lowest BCUT2D eigenvalue weighted by Crippen LogP contribution is -2.47. The first-order valence-corrected chi connectivity index (χ1v) is 12.2. The van der Waals surface area contributed by atoms with E-state index in [1.54, 1.807) is 13.8 Å². The van der Waals surface area contributed by atoms with Crippen molar-refractivity contribution in [3.8, 4) is 0 Å². The maximum atomic E-state index is 13.9. The summed E-state index contributed by atoms with van der Waals surface area (Å²) in [6.07, 6.45) is 1.58. The molecule has 4 rings (SSSR count). The number of fused-ring (bicyclic) bond motifs is 1. The Morgan fingerprint density at radius 2 is 1.93 bits per heavy atom. The van der Waals surface area contributed by atoms with Crippen molar-refractivity contribution < 1.29 is 22.3 Å². The SMILES string of the molecule is CC(=O)N1CCC(N2C[C@@H]3OCCS(=O)(=O)N(Cc4cc(C)cc(F)c4)[C@@H]3C2)CC1. The summed E-state index contributed by atoms with van der Waals surface area (Å²) in [6, 6.07) is 4.72. The Bertz CT molecular complexity index is 881. The van der Waals surface area contributed by atoms with Crippen molar-refractivity contribution in [1.82, 2.24) is 14.1 Å². The molecular formula is C21H30FN3O4S. The van der Waals surface area contributed by atoms with E-state index in [0.717, 1.165) is 31.5 Å². The molecule has 0 N–H and O–H groups in total. The van der Waals surface area contributed by atoms with Crippen LogP contribution in [0.25, 0.3) is 0 Å². The van der Waals surface area contributed by atoms with Crippen molar-refractivity contribution >= 4 is 15.9 Å². The number of sulfonamides is 1. The number of piperidine rings is 1. The number of rotatable bonds is 3. The molecule has 0 saturated carbocycles. The van der Waals surface area contributed by atoms with Crippen LogP contribution in [0.15, 0.2) is 18.2 Å². The van der Waals surface area contributed by atoms with E-state index in [-0.39, 0.29) is 42.8 Å². The van der Waals surface area contributed by atoms with Gasteiger partial charge in [0.1, 0.15) is 5.82 Å². The third-order valence-corrected chi connectivity index (χ3v) is 8.33. The van der Waals surface area contributed by atoms with Crippen LogP contribution in [0.5, 0.6) is 0 Å². The van der Waals surface area contributed by atoms with Crippen LogP contribution in [-0.4, -0.2) is 85.2 Å². The number of halogens is 1. The third kappa shape index (κ3) is 4.54. The third-order valence-electron chi connectivity index (χ3n) is 6.53. The molecule has 0 aliphatic carbocycles. The van der Waals surface area contributed by atoms with Gasteiger partial charge in [-0.1, -0.05) is 6.07 Å². The summed E-state index contributed by atoms with van der Waals surface area (Å²) in [5.74, 6) is -0.299. The van der Waals surface area contributed by atoms with Crippen LogP contribution < -0.4 is 0 Å². The highest BCUT2D eigenvalue weighted by molar-refractivity contribution is 7.89. The number of likely N-dealkylation sites (tertiary alicyclic amines) is 2. The zero-order valence-electron chi connectivity index (χ0n) is 17.6. The predicted octanol–water partition coefficient (Wildman–Crippen LogP) is 1.36. The highest BCUT2D eigenvalue weighted by atomic mass is 32.2. The minimum atomic E-state index is -3.51. The molecule has 7 nitrogen and oxygen atoms in total. The van der Waals surface area contributed by atoms with Crippen molar-refractivity contribution in [3.05, 3.63) is 35.1 Å². The molecule has 3 aliphatic rings. The summed E-state index contributed by atoms with van der Waals surface area (Å²) < 4.78 is 47.4. The van der Waals surface area contributed by atoms with Gasteiger partial charge in [0.05, 0.1) is 24.5 Å². The van der Waals surface area contributed by atoms with E-state index in [2.05, 4.69) is 4.90 Å². The minimum Gasteiger partial charge on any atom is -0.374 e. The fourth-order valence-electron chi connectivity index (χ4n) is 5.00. The van der Waals surface area contributed by atoms with Crippen LogP contribution in [0.4, 0.5) is 4.39 Å². The van der Waals surface area contributed by atoms with Gasteiger partial charge in [0.25, 0.3) is 0 Å². The Hall–Kier alpha value is -1.55. The van der Waals surface area contributed by atoms with Crippen LogP contribution in [0, 0.1) is 12.7 Å². The van der Waals surface area contributed by atoms with Gasteiger partial charge in [0.15, 0.2) is 0 Å². The minimum absolute atomic E-state index is 0.0503. The summed E-state index contributed by atoms with van der Waals surface area (Å²) >= 11 is 0. The average Bonchev–Trinajstić information content (AvgIpc) is 3.04. The molecule has 166 valence electrons. The maximum absolute atomic E-state index is 13.9. The van der Waals surface area contributed by atoms with E-state index >= 15 is 0 Å². The number of amides is 1. The van der Waals surface area contributed by atoms with E-state index in [1.807, 2.05) is 11.0 Å². The van der Waals surface area contributed by atoms with E-state index in [0.29, 0.717) is 24.7 Å². The molecule has 0 unspecified atom stereocenters. The van der Waals surface area contributed by atoms with E-state index in [4.69, 9.17) is 4.74 Å². The van der Waals surface area contributed by atoms with Gasteiger partial charge in [-0.3, -0.25) is 9.69 Å². The van der Waals surface area contributed by atoms with Gasteiger partial charge in [0.2, 0.25) is 15.9 Å². The number of ether oxygens (including phenoxy) is 1. The van der Waals surface area contributed by atoms with Gasteiger partial charge in [-0.05, 0) is 43.0 Å². The lowest BCUT2D eigenvalue weighted by Gasteiger charge is -2.36. The summed E-state index contributed by atoms with van der Waals surface area (Å²) in [6.45, 7) is 6.49. The molecule has 3 aliphatic heterocycles. The second kappa shape index (κ2) is 8.53. The average molecular weight is 440 g/mol. The molecule has 0 spiro atoms. The monoisotopic (exact) mass is 439 g/mol. The van der Waals surface area contributed by atoms with Crippen molar-refractivity contribution in [2.75, 3.05) is 38.5 Å². The van der Waals surface area contributed by atoms with Crippen LogP contribution >= 0.6 is 0 Å². The number of carbonyl (C=O) groups excluding carboxylic acids is 1. The van der Waals surface area contributed by atoms with Crippen molar-refractivity contribution in [3.63, 3.8) is 0 Å². The lowest BCUT2D eigenvalue weighted by molar-refractivity contribution is -0.130. The molecule has 2 atom stereocenters. The van der Waals surface area contributed by atoms with Crippen LogP contribution in [0.3, 0.4) is 0 Å². The highest BCUT2D eigenvalue weighted by Gasteiger charge is 2.46. The summed E-state index contributed by atoms with van der Waals surface area (Å²) in [5, 5.41) is 0. The van der Waals surface area contributed by atoms with Gasteiger partial charge >= 0.3 is 0 Å². The largest absolute Gasteiger partial charge is 0.374 e. The zero-order valence-corrected chi connectivity index (χ0v) is 18.4. The quantitative estimate of drug-likeness (QED) is 0.711. The molecule has 0 aromatic heterocycles. The van der Waals surface area contributed by atoms with Gasteiger partial charge in [0, 0.05) is 45.7 Å². The molecule has 1 amide bonds. The smallest absolute Gasteiger partial charge is 0.219 e. The molecule has 3 heterocycles. The normalized spacial score (nSPS) is 28.3. The van der Waals surface area contributed by atoms with Crippen LogP contribution in [0.2, 0.25) is 0 Å². The molecule has 30 heavy (non-hydrogen) atoms. The zero-order chi connectivity index (χ0) is 21.5. The van der Waals surface area contributed by atoms with Crippen molar-refractivity contribution in [1.29, 1.82) is 0 Å². The van der Waals surface area contributed by atoms with E-state index in [9.17, 15) is 17.6 Å². The van der Waals surface area contributed by atoms with Gasteiger partial charge in [-0.25, -0.2) is 12.8 Å². The summed E-state index contributed by atoms with van der Waals surface area (Å²) in [4.78, 5) is 15.8. The van der Waals surface area contributed by atoms with E-state index in [1.165, 1.54) is 16.4 Å². The second-order valence-electron chi connectivity index (χ2n) is 8.67. The summed E-state index contributed by atoms with van der Waals surface area (Å²) in [7, 11) is -3.51. The standard InChI is InChI=1S/C21H30FN3O4S/c1-15-9-17(11-18(22)10-15)12-25-20-13-24(14-21(20)29-7-8-30(25,27)28)19-3-5-23(6-4-19)16(2)26/h9-11,19-21H,3-8,12-14H2,1-2H3/t20-,21+/m1/s1. The van der Waals surface area contributed by atoms with Crippen molar-refractivity contribution in [2.24, 2.45) is 0 Å². The lowest BCUT2D eigenvalue weighted by atomic mass is 10.0. The fourth-order valence-corrected chi connectivity index (χ4v) is 6.50. The number of nitrogens with zero attached hydrogens (tertiary/aromatic N) is 3. The molecule has 0 bridgehead atoms. The Morgan fingerprint density at radius 1 is 1.20 bits per heavy atom. The number of hydrogen-bond donors (Lipinski definition) is 0. The second-order valence-corrected chi connectivity index (χ2v) is 10.7. The fraction of sp³-hybridized carbons (Fsp3) is 0.667. The Morgan fingerprint density at radius 3 is 2.60 bits per heavy atom. The highest BCUT2D eigenvalue weighted by Crippen LogP contribution is 2.30. The van der Waals surface area contributed by atoms with Crippen LogP contribution in [-0.2, 0) is 26.1 Å². The first kappa shape index (κ1) is 21.7. The first-order valence-electron chi connectivity index (χ1n) is 10.6. The first-order chi connectivity index (χ1) is 14.2. The number of carbonyl (C=O) groups is 1. The van der Waals surface area contributed by atoms with Gasteiger partial charge < -0.3 is 9.64 Å². The molecule has 3 saturated heterocycles. The Labute approximate surface area is 177 Å². The van der Waals surface area contributed by atoms with Crippen molar-refractivity contribution in [2.45, 2.75) is 51.4 Å². The molecule has 0 radical (unpaired) electrons. The van der Waals surface area contributed by atoms with Crippen LogP contribution in [0.1, 0.15) is 30.9 Å². The molecular weight excluding hydrogens is 409 g/mol. The topological polar surface area (TPSA) is 70.2 Å². The Balaban J connectivity index is 1.52. The summed E-state index contributed by atoms with van der Waals surface area (Å²) in [5.41, 5.74) is 1.43. The molecule has 3 fully saturated rings. The predicted molar refractivity (Wildman–Crippen MR) is 111 cm³/mol. The molecule has 1 aromatic carbocycles. The number of benzene rings is 1.